The number of fused-ring (bicyclic) bond motifs is 1. The molecule has 0 spiro atoms. The average molecular weight is 322 g/mol. The van der Waals surface area contributed by atoms with Crippen LogP contribution in [0.5, 0.6) is 0 Å². The van der Waals surface area contributed by atoms with Crippen LogP contribution in [0.25, 0.3) is 10.9 Å². The van der Waals surface area contributed by atoms with Crippen molar-refractivity contribution in [1.82, 2.24) is 14.5 Å². The largest absolute Gasteiger partial charge is 0.293 e. The molecule has 0 aliphatic carbocycles. The van der Waals surface area contributed by atoms with Gasteiger partial charge in [-0.05, 0) is 18.2 Å². The molecule has 18 heavy (non-hydrogen) atoms. The third-order valence-electron chi connectivity index (χ3n) is 2.60. The van der Waals surface area contributed by atoms with Gasteiger partial charge in [-0.1, -0.05) is 15.9 Å². The van der Waals surface area contributed by atoms with Crippen LogP contribution in [0.2, 0.25) is 0 Å². The normalized spacial score (nSPS) is 10.9. The highest BCUT2D eigenvalue weighted by molar-refractivity contribution is 9.10. The number of hydrogen-bond acceptors (Lipinski definition) is 4. The van der Waals surface area contributed by atoms with Crippen LogP contribution in [-0.4, -0.2) is 14.5 Å². The first-order chi connectivity index (χ1) is 8.74. The molecule has 0 saturated carbocycles. The minimum atomic E-state index is -0.0269. The van der Waals surface area contributed by atoms with Gasteiger partial charge in [0, 0.05) is 15.5 Å². The minimum Gasteiger partial charge on any atom is -0.293 e. The highest BCUT2D eigenvalue weighted by atomic mass is 79.9. The number of thiazole rings is 1. The minimum absolute atomic E-state index is 0.0269. The van der Waals surface area contributed by atoms with Gasteiger partial charge in [0.25, 0.3) is 5.56 Å². The standard InChI is InChI=1S/C12H8BrN3OS/c13-8-1-2-10-11(3-8)15-6-16(12(10)17)5-9-4-14-7-18-9/h1-4,6-7H,5H2. The second kappa shape index (κ2) is 4.62. The molecule has 0 fully saturated rings. The molecule has 0 N–H and O–H groups in total. The van der Waals surface area contributed by atoms with E-state index >= 15 is 0 Å². The maximum atomic E-state index is 12.3. The van der Waals surface area contributed by atoms with Crippen LogP contribution < -0.4 is 5.56 Å². The lowest BCUT2D eigenvalue weighted by atomic mass is 10.2. The average Bonchev–Trinajstić information content (AvgIpc) is 2.85. The lowest BCUT2D eigenvalue weighted by Crippen LogP contribution is -2.20. The van der Waals surface area contributed by atoms with E-state index in [0.29, 0.717) is 17.4 Å². The van der Waals surface area contributed by atoms with E-state index in [1.165, 1.54) is 11.3 Å². The first-order valence-corrected chi connectivity index (χ1v) is 6.93. The number of aromatic nitrogens is 3. The summed E-state index contributed by atoms with van der Waals surface area (Å²) in [6.45, 7) is 0.516. The molecular weight excluding hydrogens is 314 g/mol. The molecule has 90 valence electrons. The fourth-order valence-corrected chi connectivity index (χ4v) is 2.67. The van der Waals surface area contributed by atoms with Crippen molar-refractivity contribution in [1.29, 1.82) is 0 Å². The molecule has 6 heteroatoms. The Hall–Kier alpha value is -1.53. The van der Waals surface area contributed by atoms with Crippen molar-refractivity contribution in [2.45, 2.75) is 6.54 Å². The van der Waals surface area contributed by atoms with Crippen LogP contribution in [0.15, 0.2) is 45.5 Å². The van der Waals surface area contributed by atoms with Gasteiger partial charge in [-0.15, -0.1) is 11.3 Å². The van der Waals surface area contributed by atoms with Crippen molar-refractivity contribution in [2.24, 2.45) is 0 Å². The van der Waals surface area contributed by atoms with E-state index in [1.54, 1.807) is 28.7 Å². The predicted octanol–water partition coefficient (Wildman–Crippen LogP) is 2.66. The van der Waals surface area contributed by atoms with Gasteiger partial charge in [-0.3, -0.25) is 14.3 Å². The van der Waals surface area contributed by atoms with Crippen molar-refractivity contribution >= 4 is 38.2 Å². The van der Waals surface area contributed by atoms with Crippen molar-refractivity contribution in [2.75, 3.05) is 0 Å². The summed E-state index contributed by atoms with van der Waals surface area (Å²) in [6.07, 6.45) is 3.35. The van der Waals surface area contributed by atoms with E-state index in [1.807, 2.05) is 12.1 Å². The summed E-state index contributed by atoms with van der Waals surface area (Å²) in [6, 6.07) is 5.48. The molecule has 1 aromatic carbocycles. The Kier molecular flexibility index (Phi) is 2.97. The van der Waals surface area contributed by atoms with E-state index in [0.717, 1.165) is 9.35 Å². The van der Waals surface area contributed by atoms with Crippen molar-refractivity contribution in [3.8, 4) is 0 Å². The molecule has 0 aliphatic heterocycles. The lowest BCUT2D eigenvalue weighted by Gasteiger charge is -2.04. The van der Waals surface area contributed by atoms with Crippen molar-refractivity contribution in [3.63, 3.8) is 0 Å². The summed E-state index contributed by atoms with van der Waals surface area (Å²) in [7, 11) is 0. The molecule has 4 nitrogen and oxygen atoms in total. The molecule has 3 rings (SSSR count). The Morgan fingerprint density at radius 3 is 3.06 bits per heavy atom. The van der Waals surface area contributed by atoms with Crippen LogP contribution in [0.4, 0.5) is 0 Å². The van der Waals surface area contributed by atoms with E-state index in [9.17, 15) is 4.79 Å². The van der Waals surface area contributed by atoms with E-state index < -0.39 is 0 Å². The van der Waals surface area contributed by atoms with Gasteiger partial charge in [0.1, 0.15) is 0 Å². The van der Waals surface area contributed by atoms with Crippen LogP contribution in [0.1, 0.15) is 4.88 Å². The number of rotatable bonds is 2. The summed E-state index contributed by atoms with van der Waals surface area (Å²) in [4.78, 5) is 21.6. The molecule has 0 aliphatic rings. The Morgan fingerprint density at radius 2 is 2.28 bits per heavy atom. The van der Waals surface area contributed by atoms with E-state index in [4.69, 9.17) is 0 Å². The van der Waals surface area contributed by atoms with Gasteiger partial charge in [-0.2, -0.15) is 0 Å². The topological polar surface area (TPSA) is 47.8 Å². The Balaban J connectivity index is 2.12. The Morgan fingerprint density at radius 1 is 1.39 bits per heavy atom. The van der Waals surface area contributed by atoms with Gasteiger partial charge in [-0.25, -0.2) is 4.98 Å². The molecule has 0 unspecified atom stereocenters. The van der Waals surface area contributed by atoms with E-state index in [-0.39, 0.29) is 5.56 Å². The molecule has 2 aromatic heterocycles. The Labute approximate surface area is 115 Å². The zero-order chi connectivity index (χ0) is 12.5. The van der Waals surface area contributed by atoms with Crippen LogP contribution in [0, 0.1) is 0 Å². The summed E-state index contributed by atoms with van der Waals surface area (Å²) >= 11 is 4.90. The maximum absolute atomic E-state index is 12.3. The molecule has 2 heterocycles. The highest BCUT2D eigenvalue weighted by Crippen LogP contribution is 2.15. The number of hydrogen-bond donors (Lipinski definition) is 0. The highest BCUT2D eigenvalue weighted by Gasteiger charge is 2.05. The molecule has 0 saturated heterocycles. The Bertz CT molecular complexity index is 752. The summed E-state index contributed by atoms with van der Waals surface area (Å²) < 4.78 is 2.52. The molecule has 0 bridgehead atoms. The fourth-order valence-electron chi connectivity index (χ4n) is 1.73. The molecule has 3 aromatic rings. The van der Waals surface area contributed by atoms with Gasteiger partial charge in [0.05, 0.1) is 29.3 Å². The molecular formula is C12H8BrN3OS. The third kappa shape index (κ3) is 2.09. The van der Waals surface area contributed by atoms with E-state index in [2.05, 4.69) is 25.9 Å². The molecule has 0 atom stereocenters. The summed E-state index contributed by atoms with van der Waals surface area (Å²) in [5.41, 5.74) is 2.43. The zero-order valence-corrected chi connectivity index (χ0v) is 11.6. The summed E-state index contributed by atoms with van der Waals surface area (Å²) in [5.74, 6) is 0. The first kappa shape index (κ1) is 11.6. The van der Waals surface area contributed by atoms with Crippen molar-refractivity contribution < 1.29 is 0 Å². The van der Waals surface area contributed by atoms with Gasteiger partial charge in [0.15, 0.2) is 0 Å². The van der Waals surface area contributed by atoms with Gasteiger partial charge < -0.3 is 0 Å². The second-order valence-corrected chi connectivity index (χ2v) is 5.69. The van der Waals surface area contributed by atoms with Crippen LogP contribution >= 0.6 is 27.3 Å². The van der Waals surface area contributed by atoms with Gasteiger partial charge >= 0.3 is 0 Å². The first-order valence-electron chi connectivity index (χ1n) is 5.26. The lowest BCUT2D eigenvalue weighted by molar-refractivity contribution is 0.757. The number of nitrogens with zero attached hydrogens (tertiary/aromatic N) is 3. The monoisotopic (exact) mass is 321 g/mol. The van der Waals surface area contributed by atoms with Crippen LogP contribution in [-0.2, 0) is 6.54 Å². The van der Waals surface area contributed by atoms with Gasteiger partial charge in [0.2, 0.25) is 0 Å². The van der Waals surface area contributed by atoms with Crippen molar-refractivity contribution in [3.05, 3.63) is 55.9 Å². The molecule has 0 radical (unpaired) electrons. The van der Waals surface area contributed by atoms with Crippen LogP contribution in [0.3, 0.4) is 0 Å². The zero-order valence-electron chi connectivity index (χ0n) is 9.21. The summed E-state index contributed by atoms with van der Waals surface area (Å²) in [5, 5.41) is 0.630. The SMILES string of the molecule is O=c1c2ccc(Br)cc2ncn1Cc1cncs1. The smallest absolute Gasteiger partial charge is 0.261 e. The maximum Gasteiger partial charge on any atom is 0.261 e. The number of benzene rings is 1. The quantitative estimate of drug-likeness (QED) is 0.729. The third-order valence-corrected chi connectivity index (χ3v) is 3.85. The fraction of sp³-hybridized carbons (Fsp3) is 0.0833. The predicted molar refractivity (Wildman–Crippen MR) is 74.9 cm³/mol. The number of halogens is 1. The second-order valence-electron chi connectivity index (χ2n) is 3.81. The molecule has 0 amide bonds.